The van der Waals surface area contributed by atoms with Gasteiger partial charge in [-0.1, -0.05) is 0 Å². The summed E-state index contributed by atoms with van der Waals surface area (Å²) in [6, 6.07) is -0.308. The number of aromatic nitrogens is 2. The summed E-state index contributed by atoms with van der Waals surface area (Å²) in [7, 11) is 3.39. The van der Waals surface area contributed by atoms with Crippen LogP contribution in [0.25, 0.3) is 0 Å². The summed E-state index contributed by atoms with van der Waals surface area (Å²) >= 11 is 0. The number of hydrogen-bond donors (Lipinski definition) is 1. The molecule has 21 heavy (non-hydrogen) atoms. The van der Waals surface area contributed by atoms with Crippen LogP contribution in [0.2, 0.25) is 0 Å². The first-order valence-corrected chi connectivity index (χ1v) is 6.80. The van der Waals surface area contributed by atoms with Gasteiger partial charge < -0.3 is 19.5 Å². The first kappa shape index (κ1) is 17.0. The summed E-state index contributed by atoms with van der Waals surface area (Å²) in [5.74, 6) is -0.0429. The van der Waals surface area contributed by atoms with E-state index in [1.807, 2.05) is 6.92 Å². The molecule has 1 aromatic rings. The van der Waals surface area contributed by atoms with Crippen molar-refractivity contribution in [1.29, 1.82) is 0 Å². The molecule has 1 atom stereocenters. The fraction of sp³-hybridized carbons (Fsp3) is 0.643. The van der Waals surface area contributed by atoms with Gasteiger partial charge in [0.1, 0.15) is 12.1 Å². The van der Waals surface area contributed by atoms with Crippen molar-refractivity contribution in [2.75, 3.05) is 14.1 Å². The van der Waals surface area contributed by atoms with Crippen molar-refractivity contribution in [3.05, 3.63) is 18.2 Å². The summed E-state index contributed by atoms with van der Waals surface area (Å²) in [5.41, 5.74) is 0.196. The minimum Gasteiger partial charge on any atom is -0.444 e. The number of nitrogens with zero attached hydrogens (tertiary/aromatic N) is 3. The van der Waals surface area contributed by atoms with Crippen LogP contribution in [0.15, 0.2) is 12.5 Å². The van der Waals surface area contributed by atoms with Gasteiger partial charge in [0.05, 0.1) is 24.3 Å². The van der Waals surface area contributed by atoms with Crippen LogP contribution in [0.5, 0.6) is 0 Å². The third kappa shape index (κ3) is 5.45. The second-order valence-corrected chi connectivity index (χ2v) is 6.10. The summed E-state index contributed by atoms with van der Waals surface area (Å²) in [5, 5.41) is 2.73. The zero-order valence-electron chi connectivity index (χ0n) is 13.5. The normalized spacial score (nSPS) is 12.7. The van der Waals surface area contributed by atoms with Gasteiger partial charge in [0, 0.05) is 14.1 Å². The second kappa shape index (κ2) is 6.60. The molecule has 1 rings (SSSR count). The maximum Gasteiger partial charge on any atom is 0.408 e. The Labute approximate surface area is 125 Å². The minimum absolute atomic E-state index is 0.0429. The van der Waals surface area contributed by atoms with E-state index >= 15 is 0 Å². The van der Waals surface area contributed by atoms with E-state index in [4.69, 9.17) is 4.74 Å². The largest absolute Gasteiger partial charge is 0.444 e. The van der Waals surface area contributed by atoms with Crippen LogP contribution < -0.4 is 5.32 Å². The topological polar surface area (TPSA) is 76.5 Å². The zero-order chi connectivity index (χ0) is 16.2. The standard InChI is InChI=1S/C14H24N4O3/c1-10(16-13(20)21-14(2,3)4)11-7-15-9-18(11)8-12(19)17(5)6/h7,9-10H,8H2,1-6H3,(H,16,20). The van der Waals surface area contributed by atoms with Crippen LogP contribution in [0.1, 0.15) is 39.4 Å². The van der Waals surface area contributed by atoms with Crippen molar-refractivity contribution in [2.45, 2.75) is 45.9 Å². The molecule has 0 aromatic carbocycles. The lowest BCUT2D eigenvalue weighted by Gasteiger charge is -2.22. The highest BCUT2D eigenvalue weighted by Gasteiger charge is 2.20. The lowest BCUT2D eigenvalue weighted by molar-refractivity contribution is -0.129. The van der Waals surface area contributed by atoms with Gasteiger partial charge in [-0.25, -0.2) is 9.78 Å². The molecule has 0 saturated carbocycles. The molecule has 1 unspecified atom stereocenters. The molecule has 0 spiro atoms. The minimum atomic E-state index is -0.551. The Bertz CT molecular complexity index is 503. The van der Waals surface area contributed by atoms with Crippen LogP contribution in [0.4, 0.5) is 4.79 Å². The lowest BCUT2D eigenvalue weighted by Crippen LogP contribution is -2.35. The predicted molar refractivity (Wildman–Crippen MR) is 78.7 cm³/mol. The Morgan fingerprint density at radius 1 is 1.43 bits per heavy atom. The lowest BCUT2D eigenvalue weighted by atomic mass is 10.2. The molecule has 0 aliphatic heterocycles. The van der Waals surface area contributed by atoms with Crippen LogP contribution in [-0.2, 0) is 16.1 Å². The molecule has 118 valence electrons. The van der Waals surface area contributed by atoms with Gasteiger partial charge in [0.25, 0.3) is 0 Å². The van der Waals surface area contributed by atoms with Gasteiger partial charge in [-0.2, -0.15) is 0 Å². The molecule has 0 radical (unpaired) electrons. The smallest absolute Gasteiger partial charge is 0.408 e. The first-order valence-electron chi connectivity index (χ1n) is 6.80. The van der Waals surface area contributed by atoms with Crippen LogP contribution >= 0.6 is 0 Å². The molecule has 0 saturated heterocycles. The third-order valence-corrected chi connectivity index (χ3v) is 2.73. The van der Waals surface area contributed by atoms with Crippen molar-refractivity contribution < 1.29 is 14.3 Å². The monoisotopic (exact) mass is 296 g/mol. The van der Waals surface area contributed by atoms with Gasteiger partial charge in [-0.3, -0.25) is 4.79 Å². The second-order valence-electron chi connectivity index (χ2n) is 6.10. The van der Waals surface area contributed by atoms with Crippen molar-refractivity contribution >= 4 is 12.0 Å². The molecule has 0 fully saturated rings. The Morgan fingerprint density at radius 3 is 2.57 bits per heavy atom. The van der Waals surface area contributed by atoms with Gasteiger partial charge >= 0.3 is 6.09 Å². The van der Waals surface area contributed by atoms with Gasteiger partial charge in [0.2, 0.25) is 5.91 Å². The summed E-state index contributed by atoms with van der Waals surface area (Å²) in [4.78, 5) is 29.1. The number of ether oxygens (including phenoxy) is 1. The molecular weight excluding hydrogens is 272 g/mol. The number of hydrogen-bond acceptors (Lipinski definition) is 4. The van der Waals surface area contributed by atoms with Crippen molar-refractivity contribution in [3.63, 3.8) is 0 Å². The molecule has 2 amide bonds. The van der Waals surface area contributed by atoms with E-state index in [1.165, 1.54) is 4.90 Å². The number of amides is 2. The Hall–Kier alpha value is -2.05. The molecule has 0 aliphatic carbocycles. The number of imidazole rings is 1. The number of nitrogens with one attached hydrogen (secondary N) is 1. The van der Waals surface area contributed by atoms with Crippen LogP contribution in [-0.4, -0.2) is 46.1 Å². The number of likely N-dealkylation sites (N-methyl/N-ethyl adjacent to an activating group) is 1. The molecular formula is C14H24N4O3. The van der Waals surface area contributed by atoms with E-state index in [0.29, 0.717) is 0 Å². The molecule has 7 heteroatoms. The summed E-state index contributed by atoms with van der Waals surface area (Å²) < 4.78 is 6.92. The van der Waals surface area contributed by atoms with E-state index in [9.17, 15) is 9.59 Å². The average molecular weight is 296 g/mol. The molecule has 7 nitrogen and oxygen atoms in total. The number of carbonyl (C=O) groups is 2. The molecule has 1 N–H and O–H groups in total. The third-order valence-electron chi connectivity index (χ3n) is 2.73. The van der Waals surface area contributed by atoms with E-state index < -0.39 is 11.7 Å². The Balaban J connectivity index is 2.71. The molecule has 1 aromatic heterocycles. The van der Waals surface area contributed by atoms with Crippen molar-refractivity contribution in [2.24, 2.45) is 0 Å². The SMILES string of the molecule is CC(NC(=O)OC(C)(C)C)c1cncn1CC(=O)N(C)C. The summed E-state index contributed by atoms with van der Waals surface area (Å²) in [6.07, 6.45) is 2.70. The van der Waals surface area contributed by atoms with E-state index in [1.54, 1.807) is 52.0 Å². The van der Waals surface area contributed by atoms with Crippen LogP contribution in [0, 0.1) is 0 Å². The Morgan fingerprint density at radius 2 is 2.05 bits per heavy atom. The van der Waals surface area contributed by atoms with E-state index in [2.05, 4.69) is 10.3 Å². The zero-order valence-corrected chi connectivity index (χ0v) is 13.5. The van der Waals surface area contributed by atoms with Gasteiger partial charge in [0.15, 0.2) is 0 Å². The quantitative estimate of drug-likeness (QED) is 0.914. The average Bonchev–Trinajstić information content (AvgIpc) is 2.73. The number of carbonyl (C=O) groups excluding carboxylic acids is 2. The van der Waals surface area contributed by atoms with E-state index in [-0.39, 0.29) is 18.5 Å². The van der Waals surface area contributed by atoms with Crippen LogP contribution in [0.3, 0.4) is 0 Å². The first-order chi connectivity index (χ1) is 9.60. The fourth-order valence-electron chi connectivity index (χ4n) is 1.67. The number of rotatable bonds is 4. The Kier molecular flexibility index (Phi) is 5.34. The van der Waals surface area contributed by atoms with Crippen molar-refractivity contribution in [3.8, 4) is 0 Å². The summed E-state index contributed by atoms with van der Waals surface area (Å²) in [6.45, 7) is 7.41. The predicted octanol–water partition coefficient (Wildman–Crippen LogP) is 1.56. The maximum absolute atomic E-state index is 11.8. The highest BCUT2D eigenvalue weighted by Crippen LogP contribution is 2.14. The molecule has 0 bridgehead atoms. The molecule has 1 heterocycles. The molecule has 0 aliphatic rings. The highest BCUT2D eigenvalue weighted by atomic mass is 16.6. The number of alkyl carbamates (subject to hydrolysis) is 1. The maximum atomic E-state index is 11.8. The fourth-order valence-corrected chi connectivity index (χ4v) is 1.67. The van der Waals surface area contributed by atoms with Gasteiger partial charge in [-0.05, 0) is 27.7 Å². The van der Waals surface area contributed by atoms with Crippen molar-refractivity contribution in [1.82, 2.24) is 19.8 Å². The van der Waals surface area contributed by atoms with Gasteiger partial charge in [-0.15, -0.1) is 0 Å². The highest BCUT2D eigenvalue weighted by molar-refractivity contribution is 5.75. The van der Waals surface area contributed by atoms with E-state index in [0.717, 1.165) is 5.69 Å².